The Kier molecular flexibility index (Phi) is 5.36. The molecule has 21 heavy (non-hydrogen) atoms. The van der Waals surface area contributed by atoms with Gasteiger partial charge in [0.05, 0.1) is 12.2 Å². The van der Waals surface area contributed by atoms with Crippen molar-refractivity contribution < 1.29 is 19.4 Å². The van der Waals surface area contributed by atoms with E-state index in [2.05, 4.69) is 15.9 Å². The highest BCUT2D eigenvalue weighted by Crippen LogP contribution is 2.33. The van der Waals surface area contributed by atoms with E-state index < -0.39 is 5.97 Å². The molecule has 0 aliphatic heterocycles. The second kappa shape index (κ2) is 7.24. The fourth-order valence-corrected chi connectivity index (χ4v) is 2.34. The van der Waals surface area contributed by atoms with Crippen LogP contribution in [-0.2, 0) is 4.74 Å². The molecule has 0 fully saturated rings. The fraction of sp³-hybridized carbons (Fsp3) is 0.188. The SMILES string of the molecule is COCCOc1ccccc1-c1ccc(Br)cc1C(=O)O. The van der Waals surface area contributed by atoms with E-state index >= 15 is 0 Å². The van der Waals surface area contributed by atoms with Gasteiger partial charge in [-0.2, -0.15) is 0 Å². The molecule has 4 nitrogen and oxygen atoms in total. The van der Waals surface area contributed by atoms with Gasteiger partial charge in [-0.3, -0.25) is 0 Å². The van der Waals surface area contributed by atoms with Crippen molar-refractivity contribution in [2.24, 2.45) is 0 Å². The topological polar surface area (TPSA) is 55.8 Å². The Morgan fingerprint density at radius 1 is 1.14 bits per heavy atom. The van der Waals surface area contributed by atoms with Crippen LogP contribution >= 0.6 is 15.9 Å². The van der Waals surface area contributed by atoms with Crippen LogP contribution in [0.4, 0.5) is 0 Å². The minimum Gasteiger partial charge on any atom is -0.491 e. The second-order valence-corrected chi connectivity index (χ2v) is 5.25. The number of ether oxygens (including phenoxy) is 2. The molecule has 0 aliphatic rings. The Hall–Kier alpha value is -1.85. The molecule has 2 aromatic rings. The number of hydrogen-bond donors (Lipinski definition) is 1. The number of rotatable bonds is 6. The Balaban J connectivity index is 2.44. The Bertz CT molecular complexity index is 640. The van der Waals surface area contributed by atoms with Crippen molar-refractivity contribution in [3.63, 3.8) is 0 Å². The van der Waals surface area contributed by atoms with Gasteiger partial charge >= 0.3 is 5.97 Å². The molecule has 0 amide bonds. The van der Waals surface area contributed by atoms with Gasteiger partial charge in [0.25, 0.3) is 0 Å². The molecular weight excluding hydrogens is 336 g/mol. The van der Waals surface area contributed by atoms with E-state index in [-0.39, 0.29) is 5.56 Å². The molecule has 0 bridgehead atoms. The highest BCUT2D eigenvalue weighted by molar-refractivity contribution is 9.10. The third kappa shape index (κ3) is 3.83. The zero-order chi connectivity index (χ0) is 15.2. The molecule has 0 aliphatic carbocycles. The zero-order valence-electron chi connectivity index (χ0n) is 11.5. The lowest BCUT2D eigenvalue weighted by atomic mass is 9.99. The van der Waals surface area contributed by atoms with E-state index in [1.54, 1.807) is 19.2 Å². The lowest BCUT2D eigenvalue weighted by Gasteiger charge is -2.13. The molecule has 0 radical (unpaired) electrons. The lowest BCUT2D eigenvalue weighted by molar-refractivity contribution is 0.0697. The summed E-state index contributed by atoms with van der Waals surface area (Å²) >= 11 is 3.30. The summed E-state index contributed by atoms with van der Waals surface area (Å²) < 4.78 is 11.4. The third-order valence-corrected chi connectivity index (χ3v) is 3.43. The number of aromatic carboxylic acids is 1. The van der Waals surface area contributed by atoms with Gasteiger partial charge in [0.15, 0.2) is 0 Å². The number of carbonyl (C=O) groups is 1. The number of carboxylic acid groups (broad SMARTS) is 1. The molecule has 0 saturated carbocycles. The molecule has 5 heteroatoms. The van der Waals surface area contributed by atoms with Gasteiger partial charge in [-0.05, 0) is 23.8 Å². The summed E-state index contributed by atoms with van der Waals surface area (Å²) in [6, 6.07) is 12.5. The monoisotopic (exact) mass is 350 g/mol. The Labute approximate surface area is 131 Å². The highest BCUT2D eigenvalue weighted by atomic mass is 79.9. The smallest absolute Gasteiger partial charge is 0.336 e. The van der Waals surface area contributed by atoms with Crippen molar-refractivity contribution in [1.82, 2.24) is 0 Å². The number of halogens is 1. The van der Waals surface area contributed by atoms with Crippen LogP contribution in [0.3, 0.4) is 0 Å². The van der Waals surface area contributed by atoms with Gasteiger partial charge in [-0.25, -0.2) is 4.79 Å². The maximum Gasteiger partial charge on any atom is 0.336 e. The van der Waals surface area contributed by atoms with Crippen LogP contribution in [0.25, 0.3) is 11.1 Å². The number of carboxylic acids is 1. The van der Waals surface area contributed by atoms with Crippen LogP contribution in [0.2, 0.25) is 0 Å². The van der Waals surface area contributed by atoms with Gasteiger partial charge in [0.2, 0.25) is 0 Å². The maximum absolute atomic E-state index is 11.4. The first kappa shape index (κ1) is 15.5. The van der Waals surface area contributed by atoms with Crippen molar-refractivity contribution in [2.45, 2.75) is 0 Å². The van der Waals surface area contributed by atoms with Gasteiger partial charge in [-0.15, -0.1) is 0 Å². The van der Waals surface area contributed by atoms with Crippen LogP contribution in [0.5, 0.6) is 5.75 Å². The standard InChI is InChI=1S/C16H15BrO4/c1-20-8-9-21-15-5-3-2-4-13(15)12-7-6-11(17)10-14(12)16(18)19/h2-7,10H,8-9H2,1H3,(H,18,19). The van der Waals surface area contributed by atoms with Crippen molar-refractivity contribution >= 4 is 21.9 Å². The normalized spacial score (nSPS) is 10.4. The lowest BCUT2D eigenvalue weighted by Crippen LogP contribution is -2.06. The quantitative estimate of drug-likeness (QED) is 0.804. The molecule has 0 saturated heterocycles. The van der Waals surface area contributed by atoms with Crippen molar-refractivity contribution in [2.75, 3.05) is 20.3 Å². The third-order valence-electron chi connectivity index (χ3n) is 2.93. The predicted molar refractivity (Wildman–Crippen MR) is 83.9 cm³/mol. The Morgan fingerprint density at radius 2 is 1.90 bits per heavy atom. The van der Waals surface area contributed by atoms with Gasteiger partial charge in [-0.1, -0.05) is 40.2 Å². The van der Waals surface area contributed by atoms with E-state index in [1.807, 2.05) is 30.3 Å². The van der Waals surface area contributed by atoms with Crippen LogP contribution < -0.4 is 4.74 Å². The number of para-hydroxylation sites is 1. The first-order valence-corrected chi connectivity index (χ1v) is 7.16. The maximum atomic E-state index is 11.4. The Morgan fingerprint density at radius 3 is 2.62 bits per heavy atom. The summed E-state index contributed by atoms with van der Waals surface area (Å²) in [7, 11) is 1.60. The van der Waals surface area contributed by atoms with E-state index in [4.69, 9.17) is 9.47 Å². The summed E-state index contributed by atoms with van der Waals surface area (Å²) in [5.41, 5.74) is 1.60. The van der Waals surface area contributed by atoms with E-state index in [0.717, 1.165) is 10.0 Å². The fourth-order valence-electron chi connectivity index (χ4n) is 1.98. The summed E-state index contributed by atoms with van der Waals surface area (Å²) in [6.07, 6.45) is 0. The molecule has 1 N–H and O–H groups in total. The molecule has 0 aromatic heterocycles. The molecule has 0 atom stereocenters. The van der Waals surface area contributed by atoms with Crippen molar-refractivity contribution in [3.05, 3.63) is 52.5 Å². The van der Waals surface area contributed by atoms with Crippen LogP contribution in [0.1, 0.15) is 10.4 Å². The molecule has 2 aromatic carbocycles. The van der Waals surface area contributed by atoms with E-state index in [9.17, 15) is 9.90 Å². The average Bonchev–Trinajstić information content (AvgIpc) is 2.48. The van der Waals surface area contributed by atoms with Crippen LogP contribution in [-0.4, -0.2) is 31.4 Å². The molecule has 2 rings (SSSR count). The number of hydrogen-bond acceptors (Lipinski definition) is 3. The number of benzene rings is 2. The summed E-state index contributed by atoms with van der Waals surface area (Å²) in [5.74, 6) is -0.336. The first-order valence-electron chi connectivity index (χ1n) is 6.37. The van der Waals surface area contributed by atoms with Crippen LogP contribution in [0.15, 0.2) is 46.9 Å². The van der Waals surface area contributed by atoms with Gasteiger partial charge in [0.1, 0.15) is 12.4 Å². The van der Waals surface area contributed by atoms with Crippen LogP contribution in [0, 0.1) is 0 Å². The zero-order valence-corrected chi connectivity index (χ0v) is 13.1. The van der Waals surface area contributed by atoms with E-state index in [1.165, 1.54) is 0 Å². The number of methoxy groups -OCH3 is 1. The second-order valence-electron chi connectivity index (χ2n) is 4.33. The minimum atomic E-state index is -0.974. The molecular formula is C16H15BrO4. The van der Waals surface area contributed by atoms with Crippen molar-refractivity contribution in [3.8, 4) is 16.9 Å². The summed E-state index contributed by atoms with van der Waals surface area (Å²) in [4.78, 5) is 11.4. The van der Waals surface area contributed by atoms with Gasteiger partial charge in [0, 0.05) is 17.1 Å². The molecule has 0 heterocycles. The minimum absolute atomic E-state index is 0.229. The van der Waals surface area contributed by atoms with Gasteiger partial charge < -0.3 is 14.6 Å². The summed E-state index contributed by atoms with van der Waals surface area (Å²) in [6.45, 7) is 0.882. The summed E-state index contributed by atoms with van der Waals surface area (Å²) in [5, 5.41) is 9.37. The largest absolute Gasteiger partial charge is 0.491 e. The average molecular weight is 351 g/mol. The highest BCUT2D eigenvalue weighted by Gasteiger charge is 2.15. The predicted octanol–water partition coefficient (Wildman–Crippen LogP) is 3.84. The first-order chi connectivity index (χ1) is 10.1. The molecule has 0 unspecified atom stereocenters. The molecule has 0 spiro atoms. The van der Waals surface area contributed by atoms with E-state index in [0.29, 0.717) is 24.5 Å². The molecule has 110 valence electrons. The van der Waals surface area contributed by atoms with Crippen molar-refractivity contribution in [1.29, 1.82) is 0 Å².